The largest absolute Gasteiger partial charge is 0.508 e. The van der Waals surface area contributed by atoms with Gasteiger partial charge >= 0.3 is 0 Å². The van der Waals surface area contributed by atoms with Crippen molar-refractivity contribution < 1.29 is 10.2 Å². The van der Waals surface area contributed by atoms with Gasteiger partial charge in [0.15, 0.2) is 0 Å². The molecule has 2 heteroatoms. The van der Waals surface area contributed by atoms with Gasteiger partial charge in [-0.2, -0.15) is 0 Å². The van der Waals surface area contributed by atoms with E-state index in [1.54, 1.807) is 12.1 Å². The van der Waals surface area contributed by atoms with Gasteiger partial charge in [-0.25, -0.2) is 0 Å². The molecule has 0 spiro atoms. The van der Waals surface area contributed by atoms with Crippen LogP contribution in [0.4, 0.5) is 0 Å². The van der Waals surface area contributed by atoms with Crippen LogP contribution in [0, 0.1) is 5.92 Å². The smallest absolute Gasteiger partial charge is 0.115 e. The zero-order valence-electron chi connectivity index (χ0n) is 9.60. The fourth-order valence-electron chi connectivity index (χ4n) is 2.57. The second-order valence-electron chi connectivity index (χ2n) is 4.79. The van der Waals surface area contributed by atoms with Crippen LogP contribution in [0.25, 0.3) is 0 Å². The van der Waals surface area contributed by atoms with Gasteiger partial charge in [-0.05, 0) is 36.5 Å². The molecule has 0 aliphatic heterocycles. The fraction of sp³-hybridized carbons (Fsp3) is 0.571. The van der Waals surface area contributed by atoms with Crippen LogP contribution < -0.4 is 0 Å². The number of hydrogen-bond acceptors (Lipinski definition) is 2. The van der Waals surface area contributed by atoms with Gasteiger partial charge < -0.3 is 10.2 Å². The monoisotopic (exact) mass is 220 g/mol. The number of aliphatic hydroxyl groups excluding tert-OH is 1. The zero-order chi connectivity index (χ0) is 11.4. The number of benzene rings is 1. The molecule has 0 radical (unpaired) electrons. The van der Waals surface area contributed by atoms with Gasteiger partial charge in [-0.1, -0.05) is 37.8 Å². The van der Waals surface area contributed by atoms with Gasteiger partial charge in [0.25, 0.3) is 0 Å². The number of aromatic hydroxyl groups is 1. The van der Waals surface area contributed by atoms with Crippen molar-refractivity contribution in [3.05, 3.63) is 29.8 Å². The first-order chi connectivity index (χ1) is 7.77. The average molecular weight is 220 g/mol. The molecule has 1 aliphatic carbocycles. The Morgan fingerprint density at radius 1 is 0.938 bits per heavy atom. The molecule has 2 nitrogen and oxygen atoms in total. The summed E-state index contributed by atoms with van der Waals surface area (Å²) in [6.45, 7) is 0. The van der Waals surface area contributed by atoms with Crippen molar-refractivity contribution in [1.82, 2.24) is 0 Å². The molecule has 1 saturated carbocycles. The molecule has 1 fully saturated rings. The van der Waals surface area contributed by atoms with E-state index in [0.717, 1.165) is 18.4 Å². The van der Waals surface area contributed by atoms with E-state index in [1.807, 2.05) is 12.1 Å². The minimum atomic E-state index is -0.362. The van der Waals surface area contributed by atoms with E-state index >= 15 is 0 Å². The molecule has 1 atom stereocenters. The second-order valence-corrected chi connectivity index (χ2v) is 4.79. The van der Waals surface area contributed by atoms with Crippen molar-refractivity contribution in [2.75, 3.05) is 0 Å². The van der Waals surface area contributed by atoms with Gasteiger partial charge in [0, 0.05) is 0 Å². The van der Waals surface area contributed by atoms with Crippen LogP contribution in [0.3, 0.4) is 0 Å². The van der Waals surface area contributed by atoms with Gasteiger partial charge in [0.1, 0.15) is 5.75 Å². The number of phenolic OH excluding ortho intramolecular Hbond substituents is 1. The highest BCUT2D eigenvalue weighted by Gasteiger charge is 2.21. The van der Waals surface area contributed by atoms with Gasteiger partial charge in [0.2, 0.25) is 0 Å². The quantitative estimate of drug-likeness (QED) is 0.750. The fourth-order valence-corrected chi connectivity index (χ4v) is 2.57. The molecule has 0 saturated heterocycles. The lowest BCUT2D eigenvalue weighted by Crippen LogP contribution is -2.11. The lowest BCUT2D eigenvalue weighted by atomic mass is 9.89. The standard InChI is InChI=1S/C14H20O2/c15-13-9-7-12(8-10-13)14(16)11-5-3-1-2-4-6-11/h7-11,14-16H,1-6H2. The van der Waals surface area contributed by atoms with Crippen molar-refractivity contribution in [3.8, 4) is 5.75 Å². The Balaban J connectivity index is 2.04. The van der Waals surface area contributed by atoms with E-state index in [0.29, 0.717) is 5.92 Å². The number of phenols is 1. The van der Waals surface area contributed by atoms with Crippen molar-refractivity contribution >= 4 is 0 Å². The summed E-state index contributed by atoms with van der Waals surface area (Å²) in [5.41, 5.74) is 0.935. The molecule has 0 heterocycles. The Morgan fingerprint density at radius 3 is 2.06 bits per heavy atom. The van der Waals surface area contributed by atoms with Crippen molar-refractivity contribution in [2.45, 2.75) is 44.6 Å². The zero-order valence-corrected chi connectivity index (χ0v) is 9.60. The Labute approximate surface area is 96.9 Å². The summed E-state index contributed by atoms with van der Waals surface area (Å²) < 4.78 is 0. The van der Waals surface area contributed by atoms with Gasteiger partial charge in [0.05, 0.1) is 6.10 Å². The normalized spacial score (nSPS) is 20.3. The van der Waals surface area contributed by atoms with Crippen molar-refractivity contribution in [1.29, 1.82) is 0 Å². The minimum Gasteiger partial charge on any atom is -0.508 e. The summed E-state index contributed by atoms with van der Waals surface area (Å²) in [7, 11) is 0. The molecule has 0 bridgehead atoms. The van der Waals surface area contributed by atoms with Crippen LogP contribution in [-0.2, 0) is 0 Å². The highest BCUT2D eigenvalue weighted by molar-refractivity contribution is 5.27. The number of aliphatic hydroxyl groups is 1. The topological polar surface area (TPSA) is 40.5 Å². The van der Waals surface area contributed by atoms with Crippen molar-refractivity contribution in [2.24, 2.45) is 5.92 Å². The maximum atomic E-state index is 10.3. The first-order valence-corrected chi connectivity index (χ1v) is 6.24. The van der Waals surface area contributed by atoms with Crippen LogP contribution in [0.15, 0.2) is 24.3 Å². The third-order valence-corrected chi connectivity index (χ3v) is 3.58. The lowest BCUT2D eigenvalue weighted by molar-refractivity contribution is 0.0987. The summed E-state index contributed by atoms with van der Waals surface area (Å²) in [5, 5.41) is 19.5. The molecule has 2 rings (SSSR count). The first-order valence-electron chi connectivity index (χ1n) is 6.24. The third-order valence-electron chi connectivity index (χ3n) is 3.58. The Bertz CT molecular complexity index is 310. The molecule has 1 unspecified atom stereocenters. The minimum absolute atomic E-state index is 0.261. The second kappa shape index (κ2) is 5.35. The third kappa shape index (κ3) is 2.76. The summed E-state index contributed by atoms with van der Waals surface area (Å²) in [5.74, 6) is 0.656. The lowest BCUT2D eigenvalue weighted by Gasteiger charge is -2.21. The first kappa shape index (κ1) is 11.5. The molecule has 88 valence electrons. The molecule has 16 heavy (non-hydrogen) atoms. The summed E-state index contributed by atoms with van der Waals surface area (Å²) >= 11 is 0. The van der Waals surface area contributed by atoms with E-state index in [2.05, 4.69) is 0 Å². The predicted molar refractivity (Wildman–Crippen MR) is 64.3 cm³/mol. The molecule has 1 aliphatic rings. The van der Waals surface area contributed by atoms with E-state index < -0.39 is 0 Å². The van der Waals surface area contributed by atoms with Crippen LogP contribution in [0.2, 0.25) is 0 Å². The summed E-state index contributed by atoms with van der Waals surface area (Å²) in [6.07, 6.45) is 6.97. The van der Waals surface area contributed by atoms with Crippen LogP contribution in [0.1, 0.15) is 50.2 Å². The summed E-state index contributed by atoms with van der Waals surface area (Å²) in [4.78, 5) is 0. The molecule has 1 aromatic carbocycles. The van der Waals surface area contributed by atoms with E-state index in [-0.39, 0.29) is 11.9 Å². The molecule has 1 aromatic rings. The maximum Gasteiger partial charge on any atom is 0.115 e. The van der Waals surface area contributed by atoms with E-state index in [1.165, 1.54) is 25.7 Å². The SMILES string of the molecule is Oc1ccc(C(O)C2CCCCCC2)cc1. The Hall–Kier alpha value is -1.02. The molecule has 0 amide bonds. The van der Waals surface area contributed by atoms with E-state index in [9.17, 15) is 10.2 Å². The molecule has 2 N–H and O–H groups in total. The Morgan fingerprint density at radius 2 is 1.50 bits per heavy atom. The van der Waals surface area contributed by atoms with Crippen molar-refractivity contribution in [3.63, 3.8) is 0 Å². The predicted octanol–water partition coefficient (Wildman–Crippen LogP) is 3.40. The highest BCUT2D eigenvalue weighted by atomic mass is 16.3. The summed E-state index contributed by atoms with van der Waals surface area (Å²) in [6, 6.07) is 6.94. The van der Waals surface area contributed by atoms with Crippen LogP contribution >= 0.6 is 0 Å². The maximum absolute atomic E-state index is 10.3. The number of hydrogen-bond donors (Lipinski definition) is 2. The van der Waals surface area contributed by atoms with Crippen LogP contribution in [-0.4, -0.2) is 10.2 Å². The van der Waals surface area contributed by atoms with Gasteiger partial charge in [-0.3, -0.25) is 0 Å². The number of rotatable bonds is 2. The Kier molecular flexibility index (Phi) is 3.83. The molecule has 0 aromatic heterocycles. The van der Waals surface area contributed by atoms with Gasteiger partial charge in [-0.15, -0.1) is 0 Å². The highest BCUT2D eigenvalue weighted by Crippen LogP contribution is 2.33. The molecular formula is C14H20O2. The van der Waals surface area contributed by atoms with E-state index in [4.69, 9.17) is 0 Å². The average Bonchev–Trinajstić information content (AvgIpc) is 2.57. The molecular weight excluding hydrogens is 200 g/mol. The van der Waals surface area contributed by atoms with Crippen LogP contribution in [0.5, 0.6) is 5.75 Å².